The fraction of sp³-hybridized carbons (Fsp3) is 0.200. The van der Waals surface area contributed by atoms with E-state index in [2.05, 4.69) is 10.2 Å². The number of halogens is 1. The van der Waals surface area contributed by atoms with Crippen molar-refractivity contribution < 1.29 is 13.5 Å². The van der Waals surface area contributed by atoms with Gasteiger partial charge in [-0.3, -0.25) is 0 Å². The molecule has 0 aliphatic carbocycles. The minimum atomic E-state index is -0.430. The van der Waals surface area contributed by atoms with Crippen LogP contribution in [0.4, 0.5) is 4.39 Å². The van der Waals surface area contributed by atoms with Crippen LogP contribution in [0.3, 0.4) is 0 Å². The van der Waals surface area contributed by atoms with Crippen LogP contribution in [0.2, 0.25) is 0 Å². The number of aromatic nitrogens is 2. The van der Waals surface area contributed by atoms with Crippen LogP contribution in [0.15, 0.2) is 28.7 Å². The Kier molecular flexibility index (Phi) is 3.11. The molecule has 0 radical (unpaired) electrons. The van der Waals surface area contributed by atoms with Gasteiger partial charge in [0.05, 0.1) is 6.54 Å². The molecule has 6 heteroatoms. The highest BCUT2D eigenvalue weighted by Gasteiger charge is 2.07. The second-order valence-corrected chi connectivity index (χ2v) is 3.01. The second kappa shape index (κ2) is 4.71. The average Bonchev–Trinajstić information content (AvgIpc) is 2.76. The van der Waals surface area contributed by atoms with Gasteiger partial charge in [-0.1, -0.05) is 12.1 Å². The molecule has 84 valence electrons. The Morgan fingerprint density at radius 3 is 2.69 bits per heavy atom. The van der Waals surface area contributed by atoms with E-state index in [1.54, 1.807) is 12.1 Å². The van der Waals surface area contributed by atoms with E-state index in [1.807, 2.05) is 0 Å². The lowest BCUT2D eigenvalue weighted by Crippen LogP contribution is -1.97. The van der Waals surface area contributed by atoms with Crippen LogP contribution in [-0.4, -0.2) is 10.2 Å². The minimum absolute atomic E-state index is 0.0218. The highest BCUT2D eigenvalue weighted by molar-refractivity contribution is 5.23. The van der Waals surface area contributed by atoms with Gasteiger partial charge in [0.25, 0.3) is 5.89 Å². The molecule has 16 heavy (non-hydrogen) atoms. The topological polar surface area (TPSA) is 74.2 Å². The van der Waals surface area contributed by atoms with Gasteiger partial charge in [-0.2, -0.15) is 0 Å². The number of rotatable bonds is 4. The lowest BCUT2D eigenvalue weighted by Gasteiger charge is -2.03. The van der Waals surface area contributed by atoms with Crippen molar-refractivity contribution in [3.8, 4) is 5.75 Å². The van der Waals surface area contributed by atoms with Crippen LogP contribution in [0.25, 0.3) is 0 Å². The highest BCUT2D eigenvalue weighted by atomic mass is 19.1. The van der Waals surface area contributed by atoms with Crippen LogP contribution >= 0.6 is 0 Å². The van der Waals surface area contributed by atoms with Crippen LogP contribution in [0.1, 0.15) is 11.8 Å². The summed E-state index contributed by atoms with van der Waals surface area (Å²) in [5.41, 5.74) is 5.30. The summed E-state index contributed by atoms with van der Waals surface area (Å²) in [6, 6.07) is 6.10. The molecule has 2 aromatic rings. The van der Waals surface area contributed by atoms with E-state index in [-0.39, 0.29) is 24.8 Å². The molecule has 1 heterocycles. The van der Waals surface area contributed by atoms with E-state index in [0.717, 1.165) is 0 Å². The number of para-hydroxylation sites is 1. The largest absolute Gasteiger partial charge is 0.481 e. The third kappa shape index (κ3) is 2.34. The van der Waals surface area contributed by atoms with Gasteiger partial charge in [-0.05, 0) is 12.1 Å². The normalized spacial score (nSPS) is 10.4. The molecule has 0 bridgehead atoms. The predicted molar refractivity (Wildman–Crippen MR) is 52.9 cm³/mol. The van der Waals surface area contributed by atoms with Crippen molar-refractivity contribution >= 4 is 0 Å². The number of benzene rings is 1. The molecule has 1 aromatic heterocycles. The van der Waals surface area contributed by atoms with Crippen molar-refractivity contribution in [2.45, 2.75) is 13.2 Å². The van der Waals surface area contributed by atoms with Crippen LogP contribution < -0.4 is 10.5 Å². The fourth-order valence-corrected chi connectivity index (χ4v) is 1.13. The lowest BCUT2D eigenvalue weighted by molar-refractivity contribution is 0.248. The zero-order valence-electron chi connectivity index (χ0n) is 8.39. The second-order valence-electron chi connectivity index (χ2n) is 3.01. The van der Waals surface area contributed by atoms with E-state index in [4.69, 9.17) is 14.9 Å². The summed E-state index contributed by atoms with van der Waals surface area (Å²) in [5, 5.41) is 7.34. The van der Waals surface area contributed by atoms with Gasteiger partial charge in [0, 0.05) is 0 Å². The van der Waals surface area contributed by atoms with Gasteiger partial charge >= 0.3 is 0 Å². The molecule has 1 aromatic carbocycles. The first-order chi connectivity index (χ1) is 7.79. The van der Waals surface area contributed by atoms with Gasteiger partial charge < -0.3 is 14.9 Å². The van der Waals surface area contributed by atoms with Gasteiger partial charge in [0.15, 0.2) is 18.2 Å². The molecule has 0 aliphatic rings. The Morgan fingerprint density at radius 1 is 1.25 bits per heavy atom. The van der Waals surface area contributed by atoms with Crippen molar-refractivity contribution in [2.24, 2.45) is 5.73 Å². The summed E-state index contributed by atoms with van der Waals surface area (Å²) in [5.74, 6) is 0.312. The Labute approximate surface area is 91.0 Å². The summed E-state index contributed by atoms with van der Waals surface area (Å²) >= 11 is 0. The fourth-order valence-electron chi connectivity index (χ4n) is 1.13. The quantitative estimate of drug-likeness (QED) is 0.844. The number of hydrogen-bond acceptors (Lipinski definition) is 5. The molecule has 0 saturated carbocycles. The smallest absolute Gasteiger partial charge is 0.253 e. The molecule has 0 fully saturated rings. The summed E-state index contributed by atoms with van der Waals surface area (Å²) in [6.07, 6.45) is 0. The molecule has 0 aliphatic heterocycles. The SMILES string of the molecule is NCc1nnc(COc2ccccc2F)o1. The maximum Gasteiger partial charge on any atom is 0.253 e. The van der Waals surface area contributed by atoms with Crippen molar-refractivity contribution in [2.75, 3.05) is 0 Å². The summed E-state index contributed by atoms with van der Waals surface area (Å²) in [6.45, 7) is 0.195. The number of ether oxygens (including phenoxy) is 1. The third-order valence-electron chi connectivity index (χ3n) is 1.87. The Balaban J connectivity index is 1.99. The van der Waals surface area contributed by atoms with E-state index in [0.29, 0.717) is 5.89 Å². The first-order valence-electron chi connectivity index (χ1n) is 4.68. The molecular formula is C10H10FN3O2. The van der Waals surface area contributed by atoms with E-state index in [1.165, 1.54) is 12.1 Å². The van der Waals surface area contributed by atoms with Crippen molar-refractivity contribution in [1.82, 2.24) is 10.2 Å². The number of hydrogen-bond donors (Lipinski definition) is 1. The molecule has 2 rings (SSSR count). The Bertz CT molecular complexity index is 473. The monoisotopic (exact) mass is 223 g/mol. The van der Waals surface area contributed by atoms with Gasteiger partial charge in [-0.15, -0.1) is 10.2 Å². The maximum atomic E-state index is 13.2. The maximum absolute atomic E-state index is 13.2. The third-order valence-corrected chi connectivity index (χ3v) is 1.87. The van der Waals surface area contributed by atoms with Gasteiger partial charge in [0.2, 0.25) is 5.89 Å². The summed E-state index contributed by atoms with van der Waals surface area (Å²) in [4.78, 5) is 0. The molecule has 2 N–H and O–H groups in total. The zero-order chi connectivity index (χ0) is 11.4. The lowest BCUT2D eigenvalue weighted by atomic mass is 10.3. The highest BCUT2D eigenvalue weighted by Crippen LogP contribution is 2.16. The number of nitrogens with zero attached hydrogens (tertiary/aromatic N) is 2. The molecule has 5 nitrogen and oxygen atoms in total. The van der Waals surface area contributed by atoms with E-state index in [9.17, 15) is 4.39 Å². The van der Waals surface area contributed by atoms with Crippen molar-refractivity contribution in [3.63, 3.8) is 0 Å². The standard InChI is InChI=1S/C10H10FN3O2/c11-7-3-1-2-4-8(7)15-6-10-14-13-9(5-12)16-10/h1-4H,5-6,12H2. The molecule has 0 atom stereocenters. The Hall–Kier alpha value is -1.95. The summed E-state index contributed by atoms with van der Waals surface area (Å²) < 4.78 is 23.4. The van der Waals surface area contributed by atoms with Crippen LogP contribution in [0, 0.1) is 5.82 Å². The van der Waals surface area contributed by atoms with E-state index >= 15 is 0 Å². The van der Waals surface area contributed by atoms with Gasteiger partial charge in [-0.25, -0.2) is 4.39 Å². The molecule has 0 saturated heterocycles. The predicted octanol–water partition coefficient (Wildman–Crippen LogP) is 1.25. The van der Waals surface area contributed by atoms with Gasteiger partial charge in [0.1, 0.15) is 0 Å². The number of nitrogens with two attached hydrogens (primary N) is 1. The summed E-state index contributed by atoms with van der Waals surface area (Å²) in [7, 11) is 0. The average molecular weight is 223 g/mol. The van der Waals surface area contributed by atoms with Crippen molar-refractivity contribution in [1.29, 1.82) is 0 Å². The molecule has 0 amide bonds. The first-order valence-corrected chi connectivity index (χ1v) is 4.68. The van der Waals surface area contributed by atoms with E-state index < -0.39 is 5.82 Å². The molecular weight excluding hydrogens is 213 g/mol. The van der Waals surface area contributed by atoms with Crippen molar-refractivity contribution in [3.05, 3.63) is 41.9 Å². The van der Waals surface area contributed by atoms with Crippen LogP contribution in [-0.2, 0) is 13.2 Å². The molecule has 0 unspecified atom stereocenters. The molecule has 0 spiro atoms. The first kappa shape index (κ1) is 10.6. The minimum Gasteiger partial charge on any atom is -0.481 e. The van der Waals surface area contributed by atoms with Crippen LogP contribution in [0.5, 0.6) is 5.75 Å². The Morgan fingerprint density at radius 2 is 2.00 bits per heavy atom. The zero-order valence-corrected chi connectivity index (χ0v) is 8.39.